The third kappa shape index (κ3) is 2.90. The lowest BCUT2D eigenvalue weighted by molar-refractivity contribution is -0.144. The zero-order valence-corrected chi connectivity index (χ0v) is 9.24. The first kappa shape index (κ1) is 10.2. The van der Waals surface area contributed by atoms with E-state index in [4.69, 9.17) is 9.47 Å². The summed E-state index contributed by atoms with van der Waals surface area (Å²) in [6, 6.07) is 0. The molecular formula is C8H13IO3. The molecule has 0 aliphatic carbocycles. The Morgan fingerprint density at radius 3 is 2.92 bits per heavy atom. The minimum absolute atomic E-state index is 0.102. The molecule has 0 amide bonds. The molecule has 1 rings (SSSR count). The lowest BCUT2D eigenvalue weighted by Crippen LogP contribution is -2.17. The molecule has 0 bridgehead atoms. The van der Waals surface area contributed by atoms with Crippen LogP contribution in [-0.4, -0.2) is 29.7 Å². The average molecular weight is 284 g/mol. The first-order valence-electron chi connectivity index (χ1n) is 4.11. The summed E-state index contributed by atoms with van der Waals surface area (Å²) in [5.74, 6) is 0.249. The van der Waals surface area contributed by atoms with Crippen LogP contribution in [0.2, 0.25) is 0 Å². The number of esters is 1. The molecule has 0 aromatic heterocycles. The molecule has 0 aromatic carbocycles. The van der Waals surface area contributed by atoms with Gasteiger partial charge in [-0.25, -0.2) is 0 Å². The van der Waals surface area contributed by atoms with Gasteiger partial charge >= 0.3 is 5.97 Å². The van der Waals surface area contributed by atoms with Crippen LogP contribution < -0.4 is 0 Å². The molecule has 12 heavy (non-hydrogen) atoms. The van der Waals surface area contributed by atoms with Crippen molar-refractivity contribution >= 4 is 28.6 Å². The second kappa shape index (κ2) is 5.01. The van der Waals surface area contributed by atoms with Crippen LogP contribution in [0, 0.1) is 5.92 Å². The zero-order valence-electron chi connectivity index (χ0n) is 7.09. The van der Waals surface area contributed by atoms with E-state index in [9.17, 15) is 4.79 Å². The van der Waals surface area contributed by atoms with Gasteiger partial charge in [-0.15, -0.1) is 0 Å². The quantitative estimate of drug-likeness (QED) is 0.446. The third-order valence-electron chi connectivity index (χ3n) is 1.85. The molecule has 1 aliphatic heterocycles. The highest BCUT2D eigenvalue weighted by Crippen LogP contribution is 2.24. The monoisotopic (exact) mass is 284 g/mol. The van der Waals surface area contributed by atoms with Crippen molar-refractivity contribution in [2.75, 3.05) is 19.8 Å². The number of hydrogen-bond donors (Lipinski definition) is 0. The molecule has 1 heterocycles. The largest absolute Gasteiger partial charge is 0.466 e. The van der Waals surface area contributed by atoms with Crippen molar-refractivity contribution in [2.24, 2.45) is 5.92 Å². The smallest absolute Gasteiger partial charge is 0.306 e. The van der Waals surface area contributed by atoms with Crippen LogP contribution >= 0.6 is 22.6 Å². The van der Waals surface area contributed by atoms with E-state index < -0.39 is 0 Å². The van der Waals surface area contributed by atoms with Crippen LogP contribution in [0.4, 0.5) is 0 Å². The number of alkyl halides is 1. The van der Waals surface area contributed by atoms with Crippen molar-refractivity contribution in [3.05, 3.63) is 0 Å². The Morgan fingerprint density at radius 2 is 2.42 bits per heavy atom. The van der Waals surface area contributed by atoms with Gasteiger partial charge in [0.2, 0.25) is 0 Å². The van der Waals surface area contributed by atoms with E-state index in [0.717, 1.165) is 6.61 Å². The number of halogens is 1. The molecule has 0 radical (unpaired) electrons. The summed E-state index contributed by atoms with van der Waals surface area (Å²) in [4.78, 5) is 11.1. The Hall–Kier alpha value is 0.160. The first-order chi connectivity index (χ1) is 5.74. The third-order valence-corrected chi connectivity index (χ3v) is 3.23. The fraction of sp³-hybridized carbons (Fsp3) is 0.875. The Kier molecular flexibility index (Phi) is 4.28. The van der Waals surface area contributed by atoms with Gasteiger partial charge in [-0.2, -0.15) is 0 Å². The first-order valence-corrected chi connectivity index (χ1v) is 5.36. The molecule has 4 heteroatoms. The lowest BCUT2D eigenvalue weighted by Gasteiger charge is -2.09. The molecule has 0 saturated carbocycles. The van der Waals surface area contributed by atoms with Gasteiger partial charge in [-0.3, -0.25) is 4.79 Å². The van der Waals surface area contributed by atoms with Crippen molar-refractivity contribution in [3.63, 3.8) is 0 Å². The highest BCUT2D eigenvalue weighted by molar-refractivity contribution is 14.1. The highest BCUT2D eigenvalue weighted by atomic mass is 127. The van der Waals surface area contributed by atoms with Gasteiger partial charge in [-0.05, 0) is 6.92 Å². The van der Waals surface area contributed by atoms with Crippen molar-refractivity contribution < 1.29 is 14.3 Å². The summed E-state index contributed by atoms with van der Waals surface area (Å²) in [6.45, 7) is 3.76. The second-order valence-electron chi connectivity index (χ2n) is 2.82. The molecule has 0 N–H and O–H groups in total. The molecule has 1 saturated heterocycles. The molecule has 0 aromatic rings. The fourth-order valence-electron chi connectivity index (χ4n) is 1.19. The van der Waals surface area contributed by atoms with Crippen LogP contribution in [-0.2, 0) is 14.3 Å². The van der Waals surface area contributed by atoms with Gasteiger partial charge in [0.25, 0.3) is 0 Å². The van der Waals surface area contributed by atoms with Gasteiger partial charge in [-0.1, -0.05) is 22.6 Å². The van der Waals surface area contributed by atoms with E-state index in [0.29, 0.717) is 29.5 Å². The van der Waals surface area contributed by atoms with E-state index in [1.807, 2.05) is 6.92 Å². The molecule has 1 fully saturated rings. The van der Waals surface area contributed by atoms with Crippen molar-refractivity contribution in [3.8, 4) is 0 Å². The van der Waals surface area contributed by atoms with Crippen LogP contribution in [0.15, 0.2) is 0 Å². The Bertz CT molecular complexity index is 160. The number of ether oxygens (including phenoxy) is 2. The standard InChI is InChI=1S/C8H13IO3/c1-2-12-8(10)3-6-4-11-5-7(6)9/h6-7H,2-5H2,1H3/t6-,7+/m0/s1. The number of carbonyl (C=O) groups excluding carboxylic acids is 1. The van der Waals surface area contributed by atoms with E-state index in [2.05, 4.69) is 22.6 Å². The van der Waals surface area contributed by atoms with Gasteiger partial charge in [0.05, 0.1) is 26.2 Å². The summed E-state index contributed by atoms with van der Waals surface area (Å²) in [6.07, 6.45) is 0.501. The minimum Gasteiger partial charge on any atom is -0.466 e. The SMILES string of the molecule is CCOC(=O)C[C@H]1COC[C@H]1I. The van der Waals surface area contributed by atoms with Crippen LogP contribution in [0.25, 0.3) is 0 Å². The van der Waals surface area contributed by atoms with E-state index in [1.165, 1.54) is 0 Å². The Morgan fingerprint density at radius 1 is 1.67 bits per heavy atom. The topological polar surface area (TPSA) is 35.5 Å². The van der Waals surface area contributed by atoms with Gasteiger partial charge in [0, 0.05) is 9.84 Å². The van der Waals surface area contributed by atoms with Gasteiger partial charge < -0.3 is 9.47 Å². The van der Waals surface area contributed by atoms with Crippen LogP contribution in [0.5, 0.6) is 0 Å². The molecule has 1 aliphatic rings. The summed E-state index contributed by atoms with van der Waals surface area (Å²) in [5, 5.41) is 0. The fourth-order valence-corrected chi connectivity index (χ4v) is 1.91. The predicted molar refractivity (Wildman–Crippen MR) is 53.4 cm³/mol. The number of carbonyl (C=O) groups is 1. The summed E-state index contributed by atoms with van der Waals surface area (Å²) in [7, 11) is 0. The van der Waals surface area contributed by atoms with Crippen molar-refractivity contribution in [1.82, 2.24) is 0 Å². The summed E-state index contributed by atoms with van der Waals surface area (Å²) >= 11 is 2.32. The molecular weight excluding hydrogens is 271 g/mol. The molecule has 3 nitrogen and oxygen atoms in total. The van der Waals surface area contributed by atoms with E-state index in [1.54, 1.807) is 0 Å². The number of hydrogen-bond acceptors (Lipinski definition) is 3. The molecule has 0 unspecified atom stereocenters. The minimum atomic E-state index is -0.102. The average Bonchev–Trinajstić information content (AvgIpc) is 2.37. The predicted octanol–water partition coefficient (Wildman–Crippen LogP) is 1.39. The van der Waals surface area contributed by atoms with Crippen LogP contribution in [0.3, 0.4) is 0 Å². The Balaban J connectivity index is 2.25. The van der Waals surface area contributed by atoms with Crippen LogP contribution in [0.1, 0.15) is 13.3 Å². The molecule has 2 atom stereocenters. The summed E-state index contributed by atoms with van der Waals surface area (Å²) < 4.78 is 10.6. The van der Waals surface area contributed by atoms with Gasteiger partial charge in [0.1, 0.15) is 0 Å². The second-order valence-corrected chi connectivity index (χ2v) is 4.42. The lowest BCUT2D eigenvalue weighted by atomic mass is 10.1. The zero-order chi connectivity index (χ0) is 8.97. The maximum absolute atomic E-state index is 11.1. The van der Waals surface area contributed by atoms with E-state index in [-0.39, 0.29) is 5.97 Å². The van der Waals surface area contributed by atoms with Crippen molar-refractivity contribution in [2.45, 2.75) is 17.3 Å². The maximum Gasteiger partial charge on any atom is 0.306 e. The van der Waals surface area contributed by atoms with E-state index >= 15 is 0 Å². The summed E-state index contributed by atoms with van der Waals surface area (Å²) in [5.41, 5.74) is 0. The number of rotatable bonds is 3. The Labute approximate surface area is 85.9 Å². The molecule has 70 valence electrons. The maximum atomic E-state index is 11.1. The molecule has 0 spiro atoms. The highest BCUT2D eigenvalue weighted by Gasteiger charge is 2.28. The normalized spacial score (nSPS) is 28.8. The van der Waals surface area contributed by atoms with Crippen molar-refractivity contribution in [1.29, 1.82) is 0 Å². The van der Waals surface area contributed by atoms with Gasteiger partial charge in [0.15, 0.2) is 0 Å².